The van der Waals surface area contributed by atoms with Crippen LogP contribution < -0.4 is 4.90 Å². The lowest BCUT2D eigenvalue weighted by Gasteiger charge is -2.27. The molecule has 5 rings (SSSR count). The van der Waals surface area contributed by atoms with Crippen molar-refractivity contribution in [3.05, 3.63) is 71.9 Å². The Labute approximate surface area is 176 Å². The number of anilines is 1. The van der Waals surface area contributed by atoms with Crippen molar-refractivity contribution in [2.75, 3.05) is 31.2 Å². The molecular weight excluding hydrogens is 406 g/mol. The molecule has 0 bridgehead atoms. The average molecular weight is 424 g/mol. The van der Waals surface area contributed by atoms with Crippen molar-refractivity contribution in [2.45, 2.75) is 6.42 Å². The predicted octanol–water partition coefficient (Wildman–Crippen LogP) is 3.02. The van der Waals surface area contributed by atoms with Crippen LogP contribution in [0.25, 0.3) is 17.2 Å². The van der Waals surface area contributed by atoms with Gasteiger partial charge in [-0.1, -0.05) is 23.4 Å². The van der Waals surface area contributed by atoms with Crippen LogP contribution in [0.3, 0.4) is 0 Å². The first-order valence-corrected chi connectivity index (χ1v) is 9.77. The smallest absolute Gasteiger partial charge is 0.252 e. The van der Waals surface area contributed by atoms with E-state index >= 15 is 0 Å². The van der Waals surface area contributed by atoms with E-state index in [1.54, 1.807) is 30.5 Å². The highest BCUT2D eigenvalue weighted by Crippen LogP contribution is 2.26. The van der Waals surface area contributed by atoms with E-state index in [2.05, 4.69) is 20.2 Å². The molecule has 1 aliphatic heterocycles. The van der Waals surface area contributed by atoms with Gasteiger partial charge in [-0.2, -0.15) is 10.1 Å². The molecule has 8 nitrogen and oxygen atoms in total. The van der Waals surface area contributed by atoms with Crippen molar-refractivity contribution in [3.8, 4) is 17.2 Å². The van der Waals surface area contributed by atoms with Gasteiger partial charge in [0, 0.05) is 37.3 Å². The van der Waals surface area contributed by atoms with Crippen molar-refractivity contribution < 1.29 is 18.0 Å². The molecule has 0 N–H and O–H groups in total. The molecule has 1 aliphatic rings. The fraction of sp³-hybridized carbons (Fsp3) is 0.238. The van der Waals surface area contributed by atoms with Crippen LogP contribution in [-0.2, 0) is 11.2 Å². The first kappa shape index (κ1) is 19.3. The molecule has 1 fully saturated rings. The van der Waals surface area contributed by atoms with Crippen molar-refractivity contribution in [1.29, 1.82) is 0 Å². The third-order valence-electron chi connectivity index (χ3n) is 5.05. The van der Waals surface area contributed by atoms with Crippen molar-refractivity contribution >= 4 is 5.82 Å². The van der Waals surface area contributed by atoms with Gasteiger partial charge in [0.1, 0.15) is 17.8 Å². The normalized spacial score (nSPS) is 14.2. The van der Waals surface area contributed by atoms with Gasteiger partial charge in [0.25, 0.3) is 5.95 Å². The zero-order valence-electron chi connectivity index (χ0n) is 16.4. The molecule has 1 saturated heterocycles. The maximum Gasteiger partial charge on any atom is 0.252 e. The number of nitrogens with zero attached hydrogens (tertiary/aromatic N) is 6. The Hall–Kier alpha value is -3.66. The summed E-state index contributed by atoms with van der Waals surface area (Å²) in [6.07, 6.45) is 4.50. The van der Waals surface area contributed by atoms with Crippen LogP contribution in [-0.4, -0.2) is 51.2 Å². The lowest BCUT2D eigenvalue weighted by Crippen LogP contribution is -2.37. The standard InChI is InChI=1S/C21H18F2N6O2/c22-16-4-2-1-3-14(16)11-19-15(18-5-8-31-27-18)13-29(26-19)21-24-12-17(23)20(25-21)28-6-9-30-10-7-28/h1-5,8,12-13H,6-7,9-11H2. The monoisotopic (exact) mass is 424 g/mol. The molecule has 0 spiro atoms. The van der Waals surface area contributed by atoms with Crippen LogP contribution in [0, 0.1) is 11.6 Å². The number of hydrogen-bond donors (Lipinski definition) is 0. The zero-order chi connectivity index (χ0) is 21.2. The molecule has 3 aromatic heterocycles. The van der Waals surface area contributed by atoms with E-state index in [0.717, 1.165) is 6.20 Å². The van der Waals surface area contributed by atoms with Gasteiger partial charge in [0.05, 0.1) is 25.1 Å². The first-order chi connectivity index (χ1) is 15.2. The minimum Gasteiger partial charge on any atom is -0.378 e. The second-order valence-corrected chi connectivity index (χ2v) is 7.03. The third-order valence-corrected chi connectivity index (χ3v) is 5.05. The quantitative estimate of drug-likeness (QED) is 0.487. The highest BCUT2D eigenvalue weighted by Gasteiger charge is 2.21. The van der Waals surface area contributed by atoms with Gasteiger partial charge in [-0.3, -0.25) is 0 Å². The summed E-state index contributed by atoms with van der Waals surface area (Å²) >= 11 is 0. The zero-order valence-corrected chi connectivity index (χ0v) is 16.4. The Balaban J connectivity index is 1.55. The maximum atomic E-state index is 14.4. The van der Waals surface area contributed by atoms with Gasteiger partial charge in [-0.15, -0.1) is 0 Å². The van der Waals surface area contributed by atoms with Gasteiger partial charge < -0.3 is 14.2 Å². The third kappa shape index (κ3) is 3.89. The average Bonchev–Trinajstić information content (AvgIpc) is 3.46. The van der Waals surface area contributed by atoms with E-state index in [9.17, 15) is 8.78 Å². The Kier molecular flexibility index (Phi) is 5.13. The molecule has 0 saturated carbocycles. The lowest BCUT2D eigenvalue weighted by molar-refractivity contribution is 0.122. The predicted molar refractivity (Wildman–Crippen MR) is 107 cm³/mol. The van der Waals surface area contributed by atoms with Crippen LogP contribution in [0.5, 0.6) is 0 Å². The first-order valence-electron chi connectivity index (χ1n) is 9.77. The number of ether oxygens (including phenoxy) is 1. The summed E-state index contributed by atoms with van der Waals surface area (Å²) < 4.78 is 40.4. The van der Waals surface area contributed by atoms with Crippen LogP contribution in [0.1, 0.15) is 11.3 Å². The van der Waals surface area contributed by atoms with Crippen molar-refractivity contribution in [3.63, 3.8) is 0 Å². The molecule has 10 heteroatoms. The Morgan fingerprint density at radius 3 is 2.65 bits per heavy atom. The number of halogens is 2. The summed E-state index contributed by atoms with van der Waals surface area (Å²) in [4.78, 5) is 10.3. The fourth-order valence-electron chi connectivity index (χ4n) is 3.49. The van der Waals surface area contributed by atoms with Gasteiger partial charge >= 0.3 is 0 Å². The highest BCUT2D eigenvalue weighted by atomic mass is 19.1. The number of benzene rings is 1. The summed E-state index contributed by atoms with van der Waals surface area (Å²) in [6.45, 7) is 2.08. The maximum absolute atomic E-state index is 14.4. The second-order valence-electron chi connectivity index (χ2n) is 7.03. The van der Waals surface area contributed by atoms with E-state index in [1.807, 2.05) is 4.90 Å². The highest BCUT2D eigenvalue weighted by molar-refractivity contribution is 5.61. The SMILES string of the molecule is Fc1ccccc1Cc1nn(-c2ncc(F)c(N3CCOCC3)n2)cc1-c1ccon1. The second kappa shape index (κ2) is 8.23. The minimum absolute atomic E-state index is 0.197. The molecule has 1 aromatic carbocycles. The lowest BCUT2D eigenvalue weighted by atomic mass is 10.1. The minimum atomic E-state index is -0.513. The molecule has 31 heavy (non-hydrogen) atoms. The van der Waals surface area contributed by atoms with Gasteiger partial charge in [-0.05, 0) is 11.6 Å². The molecule has 0 atom stereocenters. The summed E-state index contributed by atoms with van der Waals surface area (Å²) in [5.41, 5.74) is 2.26. The molecule has 0 amide bonds. The van der Waals surface area contributed by atoms with E-state index in [-0.39, 0.29) is 24.0 Å². The van der Waals surface area contributed by atoms with Crippen molar-refractivity contribution in [1.82, 2.24) is 24.9 Å². The summed E-state index contributed by atoms with van der Waals surface area (Å²) in [5, 5.41) is 8.54. The molecule has 4 heterocycles. The number of morpholine rings is 1. The fourth-order valence-corrected chi connectivity index (χ4v) is 3.49. The molecule has 0 unspecified atom stereocenters. The molecular formula is C21H18F2N6O2. The largest absolute Gasteiger partial charge is 0.378 e. The molecule has 0 radical (unpaired) electrons. The van der Waals surface area contributed by atoms with Gasteiger partial charge in [0.2, 0.25) is 0 Å². The Bertz CT molecular complexity index is 1190. The number of hydrogen-bond acceptors (Lipinski definition) is 7. The summed E-state index contributed by atoms with van der Waals surface area (Å²) in [7, 11) is 0. The van der Waals surface area contributed by atoms with Crippen LogP contribution >= 0.6 is 0 Å². The molecule has 0 aliphatic carbocycles. The van der Waals surface area contributed by atoms with E-state index < -0.39 is 5.82 Å². The number of aromatic nitrogens is 5. The Morgan fingerprint density at radius 2 is 1.87 bits per heavy atom. The van der Waals surface area contributed by atoms with Gasteiger partial charge in [0.15, 0.2) is 11.6 Å². The topological polar surface area (TPSA) is 82.1 Å². The Morgan fingerprint density at radius 1 is 1.03 bits per heavy atom. The van der Waals surface area contributed by atoms with E-state index in [1.165, 1.54) is 17.0 Å². The summed E-state index contributed by atoms with van der Waals surface area (Å²) in [5.74, 6) is -0.438. The van der Waals surface area contributed by atoms with Crippen molar-refractivity contribution in [2.24, 2.45) is 0 Å². The summed E-state index contributed by atoms with van der Waals surface area (Å²) in [6, 6.07) is 8.20. The van der Waals surface area contributed by atoms with E-state index in [0.29, 0.717) is 48.8 Å². The van der Waals surface area contributed by atoms with E-state index in [4.69, 9.17) is 9.26 Å². The van der Waals surface area contributed by atoms with Gasteiger partial charge in [-0.25, -0.2) is 18.4 Å². The number of rotatable bonds is 5. The molecule has 158 valence electrons. The van der Waals surface area contributed by atoms with Crippen LogP contribution in [0.4, 0.5) is 14.6 Å². The van der Waals surface area contributed by atoms with Crippen LogP contribution in [0.15, 0.2) is 53.5 Å². The van der Waals surface area contributed by atoms with Crippen LogP contribution in [0.2, 0.25) is 0 Å². The molecule has 4 aromatic rings.